The van der Waals surface area contributed by atoms with Crippen LogP contribution in [-0.4, -0.2) is 18.1 Å². The predicted molar refractivity (Wildman–Crippen MR) is 127 cm³/mol. The second-order valence-corrected chi connectivity index (χ2v) is 10.1. The van der Waals surface area contributed by atoms with E-state index in [1.54, 1.807) is 0 Å². The molecule has 1 heterocycles. The van der Waals surface area contributed by atoms with E-state index in [1.165, 1.54) is 24.0 Å². The first-order valence-corrected chi connectivity index (χ1v) is 13.0. The smallest absolute Gasteiger partial charge is 0.349 e. The molecule has 0 fully saturated rings. The molecule has 0 saturated heterocycles. The molecule has 0 bridgehead atoms. The lowest BCUT2D eigenvalue weighted by Gasteiger charge is -2.43. The van der Waals surface area contributed by atoms with E-state index in [-0.39, 0.29) is 0 Å². The van der Waals surface area contributed by atoms with Gasteiger partial charge in [-0.2, -0.15) is 0 Å². The summed E-state index contributed by atoms with van der Waals surface area (Å²) in [4.78, 5) is 2.26. The summed E-state index contributed by atoms with van der Waals surface area (Å²) in [6.45, 7) is 5.09. The molecule has 31 heavy (non-hydrogen) atoms. The van der Waals surface area contributed by atoms with Crippen molar-refractivity contribution in [1.29, 1.82) is 0 Å². The Balaban J connectivity index is 1.88. The van der Waals surface area contributed by atoms with Gasteiger partial charge in [0.25, 0.3) is 0 Å². The van der Waals surface area contributed by atoms with Crippen molar-refractivity contribution < 1.29 is 13.6 Å². The molecule has 164 valence electrons. The van der Waals surface area contributed by atoms with E-state index in [0.717, 1.165) is 29.7 Å². The van der Waals surface area contributed by atoms with Crippen LogP contribution in [-0.2, 0) is 20.2 Å². The van der Waals surface area contributed by atoms with E-state index in [9.17, 15) is 4.57 Å². The SMILES string of the molecule is CCOP(=O)(OCC)C1c2ccccc2C=C(C2=CCCCC2)N1Cc1ccccc1. The van der Waals surface area contributed by atoms with Gasteiger partial charge in [-0.25, -0.2) is 0 Å². The van der Waals surface area contributed by atoms with Crippen LogP contribution in [0.4, 0.5) is 0 Å². The minimum Gasteiger partial charge on any atom is -0.349 e. The fourth-order valence-electron chi connectivity index (χ4n) is 4.59. The molecule has 0 amide bonds. The zero-order chi connectivity index (χ0) is 21.7. The molecular formula is C26H32NO3P. The summed E-state index contributed by atoms with van der Waals surface area (Å²) >= 11 is 0. The molecule has 2 aliphatic rings. The van der Waals surface area contributed by atoms with Gasteiger partial charge in [0.15, 0.2) is 5.78 Å². The van der Waals surface area contributed by atoms with Crippen LogP contribution in [0.25, 0.3) is 6.08 Å². The molecule has 2 aromatic carbocycles. The first-order valence-electron chi connectivity index (χ1n) is 11.4. The van der Waals surface area contributed by atoms with Gasteiger partial charge < -0.3 is 13.9 Å². The average molecular weight is 438 g/mol. The highest BCUT2D eigenvalue weighted by molar-refractivity contribution is 7.54. The predicted octanol–water partition coefficient (Wildman–Crippen LogP) is 7.31. The van der Waals surface area contributed by atoms with Crippen molar-refractivity contribution in [2.75, 3.05) is 13.2 Å². The number of benzene rings is 2. The molecule has 4 rings (SSSR count). The van der Waals surface area contributed by atoms with Gasteiger partial charge in [0.05, 0.1) is 13.2 Å². The monoisotopic (exact) mass is 437 g/mol. The number of hydrogen-bond acceptors (Lipinski definition) is 4. The van der Waals surface area contributed by atoms with Crippen molar-refractivity contribution in [2.24, 2.45) is 0 Å². The van der Waals surface area contributed by atoms with Crippen molar-refractivity contribution in [3.63, 3.8) is 0 Å². The van der Waals surface area contributed by atoms with Crippen molar-refractivity contribution in [3.8, 4) is 0 Å². The standard InChI is InChI=1S/C26H32NO3P/c1-3-29-31(28,30-4-2)26-24-18-12-11-17-23(24)19-25(22-15-9-6-10-16-22)27(26)20-21-13-7-5-8-14-21/h5,7-8,11-15,17-19,26H,3-4,6,9-10,16,20H2,1-2H3. The molecule has 1 aliphatic heterocycles. The molecule has 5 heteroatoms. The molecule has 0 saturated carbocycles. The Bertz CT molecular complexity index is 989. The molecule has 1 atom stereocenters. The summed E-state index contributed by atoms with van der Waals surface area (Å²) in [6.07, 6.45) is 9.15. The minimum absolute atomic E-state index is 0.344. The molecule has 1 aliphatic carbocycles. The fourth-order valence-corrected chi connectivity index (χ4v) is 6.79. The highest BCUT2D eigenvalue weighted by Gasteiger charge is 2.45. The van der Waals surface area contributed by atoms with Gasteiger partial charge in [0.1, 0.15) is 0 Å². The number of hydrogen-bond donors (Lipinski definition) is 0. The molecule has 2 aromatic rings. The normalized spacial score (nSPS) is 18.9. The second-order valence-electron chi connectivity index (χ2n) is 8.00. The quantitative estimate of drug-likeness (QED) is 0.406. The molecule has 0 N–H and O–H groups in total. The summed E-state index contributed by atoms with van der Waals surface area (Å²) < 4.78 is 26.1. The van der Waals surface area contributed by atoms with Gasteiger partial charge in [-0.3, -0.25) is 4.57 Å². The van der Waals surface area contributed by atoms with Crippen molar-refractivity contribution in [2.45, 2.75) is 51.9 Å². The average Bonchev–Trinajstić information content (AvgIpc) is 2.80. The summed E-state index contributed by atoms with van der Waals surface area (Å²) in [7, 11) is -3.45. The van der Waals surface area contributed by atoms with Gasteiger partial charge in [-0.05, 0) is 67.9 Å². The molecule has 1 unspecified atom stereocenters. The zero-order valence-electron chi connectivity index (χ0n) is 18.5. The first-order chi connectivity index (χ1) is 15.2. The Morgan fingerprint density at radius 3 is 2.35 bits per heavy atom. The number of nitrogens with zero attached hydrogens (tertiary/aromatic N) is 1. The van der Waals surface area contributed by atoms with E-state index < -0.39 is 13.4 Å². The first kappa shape index (κ1) is 22.1. The van der Waals surface area contributed by atoms with Gasteiger partial charge in [-0.15, -0.1) is 0 Å². The Labute approximate surface area is 186 Å². The van der Waals surface area contributed by atoms with Crippen LogP contribution < -0.4 is 0 Å². The lowest BCUT2D eigenvalue weighted by Crippen LogP contribution is -2.33. The maximum absolute atomic E-state index is 14.2. The third-order valence-corrected chi connectivity index (χ3v) is 8.30. The van der Waals surface area contributed by atoms with Crippen LogP contribution in [0.3, 0.4) is 0 Å². The van der Waals surface area contributed by atoms with Crippen LogP contribution in [0.15, 0.2) is 71.9 Å². The Morgan fingerprint density at radius 2 is 1.68 bits per heavy atom. The van der Waals surface area contributed by atoms with Crippen LogP contribution >= 0.6 is 7.60 Å². The summed E-state index contributed by atoms with van der Waals surface area (Å²) in [5.74, 6) is -0.480. The largest absolute Gasteiger partial charge is 0.357 e. The van der Waals surface area contributed by atoms with Gasteiger partial charge in [0, 0.05) is 12.2 Å². The number of allylic oxidation sites excluding steroid dienone is 2. The third-order valence-electron chi connectivity index (χ3n) is 5.90. The van der Waals surface area contributed by atoms with Crippen molar-refractivity contribution >= 4 is 13.7 Å². The fraction of sp³-hybridized carbons (Fsp3) is 0.385. The number of rotatable bonds is 8. The zero-order valence-corrected chi connectivity index (χ0v) is 19.4. The van der Waals surface area contributed by atoms with Gasteiger partial charge in [-0.1, -0.05) is 60.7 Å². The summed E-state index contributed by atoms with van der Waals surface area (Å²) in [6, 6.07) is 18.6. The van der Waals surface area contributed by atoms with Crippen LogP contribution in [0, 0.1) is 0 Å². The Morgan fingerprint density at radius 1 is 0.968 bits per heavy atom. The molecule has 4 nitrogen and oxygen atoms in total. The molecule has 0 radical (unpaired) electrons. The maximum atomic E-state index is 14.2. The third kappa shape index (κ3) is 4.72. The maximum Gasteiger partial charge on any atom is 0.357 e. The van der Waals surface area contributed by atoms with E-state index >= 15 is 0 Å². The van der Waals surface area contributed by atoms with Crippen molar-refractivity contribution in [3.05, 3.63) is 88.6 Å². The topological polar surface area (TPSA) is 38.8 Å². The Kier molecular flexibility index (Phi) is 7.12. The van der Waals surface area contributed by atoms with Crippen LogP contribution in [0.5, 0.6) is 0 Å². The molecular weight excluding hydrogens is 405 g/mol. The highest BCUT2D eigenvalue weighted by atomic mass is 31.2. The lowest BCUT2D eigenvalue weighted by molar-refractivity contribution is 0.177. The number of fused-ring (bicyclic) bond motifs is 1. The van der Waals surface area contributed by atoms with Crippen molar-refractivity contribution in [1.82, 2.24) is 4.90 Å². The van der Waals surface area contributed by atoms with Gasteiger partial charge >= 0.3 is 7.60 Å². The van der Waals surface area contributed by atoms with Crippen LogP contribution in [0.2, 0.25) is 0 Å². The van der Waals surface area contributed by atoms with E-state index in [0.29, 0.717) is 19.8 Å². The van der Waals surface area contributed by atoms with Gasteiger partial charge in [0.2, 0.25) is 0 Å². The molecule has 0 aromatic heterocycles. The second kappa shape index (κ2) is 9.99. The highest BCUT2D eigenvalue weighted by Crippen LogP contribution is 2.65. The van der Waals surface area contributed by atoms with E-state index in [4.69, 9.17) is 9.05 Å². The Hall–Kier alpha value is -2.13. The lowest BCUT2D eigenvalue weighted by atomic mass is 9.91. The minimum atomic E-state index is -3.45. The summed E-state index contributed by atoms with van der Waals surface area (Å²) in [5.41, 5.74) is 5.75. The van der Waals surface area contributed by atoms with E-state index in [1.807, 2.05) is 32.0 Å². The van der Waals surface area contributed by atoms with E-state index in [2.05, 4.69) is 53.5 Å². The van der Waals surface area contributed by atoms with Crippen LogP contribution in [0.1, 0.15) is 62.0 Å². The summed E-state index contributed by atoms with van der Waals surface area (Å²) in [5, 5.41) is 0. The molecule has 0 spiro atoms.